The summed E-state index contributed by atoms with van der Waals surface area (Å²) in [5, 5.41) is 2.79. The summed E-state index contributed by atoms with van der Waals surface area (Å²) in [6.07, 6.45) is 2.51. The highest BCUT2D eigenvalue weighted by molar-refractivity contribution is 6.03. The Hall–Kier alpha value is -1.76. The van der Waals surface area contributed by atoms with Gasteiger partial charge in [0.05, 0.1) is 6.61 Å². The molecule has 1 N–H and O–H groups in total. The van der Waals surface area contributed by atoms with Crippen LogP contribution in [0.5, 0.6) is 0 Å². The van der Waals surface area contributed by atoms with Crippen LogP contribution in [0.2, 0.25) is 0 Å². The summed E-state index contributed by atoms with van der Waals surface area (Å²) in [6.45, 7) is 8.82. The Kier molecular flexibility index (Phi) is 10.2. The Morgan fingerprint density at radius 3 is 2.33 bits per heavy atom. The zero-order valence-corrected chi connectivity index (χ0v) is 17.1. The van der Waals surface area contributed by atoms with Gasteiger partial charge in [-0.2, -0.15) is 0 Å². The van der Waals surface area contributed by atoms with Crippen LogP contribution in [0.4, 0.5) is 0 Å². The van der Waals surface area contributed by atoms with Crippen molar-refractivity contribution in [2.45, 2.75) is 72.3 Å². The number of carbonyl (C=O) groups is 4. The molecule has 1 saturated heterocycles. The maximum absolute atomic E-state index is 12.2. The maximum atomic E-state index is 12.2. The Bertz CT molecular complexity index is 530. The molecule has 7 nitrogen and oxygen atoms in total. The van der Waals surface area contributed by atoms with Gasteiger partial charge in [0.2, 0.25) is 17.7 Å². The first-order chi connectivity index (χ1) is 12.7. The standard InChI is InChI=1S/C20H34N2O5/c1-14(2)17-13-19(25)22(20(17)26)10-5-7-16(23)8-6-11-27-12-9-18(24)21-15(3)4/h14-15,17H,5-13H2,1-4H3,(H,21,24). The number of likely N-dealkylation sites (tertiary alicyclic amines) is 1. The van der Waals surface area contributed by atoms with E-state index < -0.39 is 0 Å². The van der Waals surface area contributed by atoms with E-state index in [9.17, 15) is 19.2 Å². The molecule has 0 radical (unpaired) electrons. The smallest absolute Gasteiger partial charge is 0.233 e. The van der Waals surface area contributed by atoms with Crippen molar-refractivity contribution in [3.8, 4) is 0 Å². The lowest BCUT2D eigenvalue weighted by molar-refractivity contribution is -0.140. The van der Waals surface area contributed by atoms with Gasteiger partial charge in [-0.3, -0.25) is 24.1 Å². The van der Waals surface area contributed by atoms with Gasteiger partial charge in [-0.25, -0.2) is 0 Å². The fourth-order valence-corrected chi connectivity index (χ4v) is 3.06. The van der Waals surface area contributed by atoms with Crippen molar-refractivity contribution in [1.82, 2.24) is 10.2 Å². The Labute approximate surface area is 162 Å². The van der Waals surface area contributed by atoms with Crippen molar-refractivity contribution in [3.05, 3.63) is 0 Å². The lowest BCUT2D eigenvalue weighted by Gasteiger charge is -2.16. The minimum Gasteiger partial charge on any atom is -0.381 e. The van der Waals surface area contributed by atoms with Crippen LogP contribution in [0.15, 0.2) is 0 Å². The maximum Gasteiger partial charge on any atom is 0.233 e. The van der Waals surface area contributed by atoms with Crippen LogP contribution in [0.3, 0.4) is 0 Å². The van der Waals surface area contributed by atoms with Crippen LogP contribution in [0, 0.1) is 11.8 Å². The Morgan fingerprint density at radius 1 is 1.07 bits per heavy atom. The van der Waals surface area contributed by atoms with Gasteiger partial charge in [0.1, 0.15) is 5.78 Å². The fraction of sp³-hybridized carbons (Fsp3) is 0.800. The van der Waals surface area contributed by atoms with Crippen molar-refractivity contribution >= 4 is 23.5 Å². The number of Topliss-reactive ketones (excluding diaryl/α,β-unsaturated/α-hetero) is 1. The second-order valence-electron chi connectivity index (χ2n) is 7.77. The van der Waals surface area contributed by atoms with Gasteiger partial charge in [0.15, 0.2) is 0 Å². The van der Waals surface area contributed by atoms with Gasteiger partial charge >= 0.3 is 0 Å². The second kappa shape index (κ2) is 11.8. The number of carbonyl (C=O) groups excluding carboxylic acids is 4. The van der Waals surface area contributed by atoms with Gasteiger partial charge in [0, 0.05) is 50.8 Å². The summed E-state index contributed by atoms with van der Waals surface area (Å²) in [6, 6.07) is 0.123. The van der Waals surface area contributed by atoms with Crippen LogP contribution in [-0.4, -0.2) is 54.2 Å². The molecular formula is C20H34N2O5. The molecule has 3 amide bonds. The summed E-state index contributed by atoms with van der Waals surface area (Å²) in [5.74, 6) is -0.210. The van der Waals surface area contributed by atoms with Crippen LogP contribution in [-0.2, 0) is 23.9 Å². The number of rotatable bonds is 13. The Balaban J connectivity index is 2.09. The van der Waals surface area contributed by atoms with Crippen LogP contribution < -0.4 is 5.32 Å². The molecule has 7 heteroatoms. The number of ketones is 1. The number of hydrogen-bond acceptors (Lipinski definition) is 5. The largest absolute Gasteiger partial charge is 0.381 e. The SMILES string of the molecule is CC(C)NC(=O)CCOCCCC(=O)CCCN1C(=O)CC(C(C)C)C1=O. The molecule has 0 saturated carbocycles. The molecule has 0 spiro atoms. The highest BCUT2D eigenvalue weighted by Crippen LogP contribution is 2.26. The van der Waals surface area contributed by atoms with Crippen molar-refractivity contribution < 1.29 is 23.9 Å². The molecule has 1 aliphatic rings. The molecule has 0 aliphatic carbocycles. The van der Waals surface area contributed by atoms with Crippen LogP contribution >= 0.6 is 0 Å². The minimum absolute atomic E-state index is 0.0354. The van der Waals surface area contributed by atoms with Crippen molar-refractivity contribution in [1.29, 1.82) is 0 Å². The van der Waals surface area contributed by atoms with E-state index in [0.717, 1.165) is 0 Å². The number of ether oxygens (including phenoxy) is 1. The van der Waals surface area contributed by atoms with Crippen molar-refractivity contribution in [2.24, 2.45) is 11.8 Å². The van der Waals surface area contributed by atoms with E-state index >= 15 is 0 Å². The van der Waals surface area contributed by atoms with Gasteiger partial charge in [-0.15, -0.1) is 0 Å². The average Bonchev–Trinajstić information content (AvgIpc) is 2.85. The van der Waals surface area contributed by atoms with Crippen LogP contribution in [0.25, 0.3) is 0 Å². The third kappa shape index (κ3) is 8.65. The number of amides is 3. The van der Waals surface area contributed by atoms with Crippen molar-refractivity contribution in [2.75, 3.05) is 19.8 Å². The molecule has 1 rings (SSSR count). The summed E-state index contributed by atoms with van der Waals surface area (Å²) in [7, 11) is 0. The highest BCUT2D eigenvalue weighted by Gasteiger charge is 2.39. The number of nitrogens with one attached hydrogen (secondary N) is 1. The van der Waals surface area contributed by atoms with Gasteiger partial charge < -0.3 is 10.1 Å². The minimum atomic E-state index is -0.215. The van der Waals surface area contributed by atoms with E-state index in [-0.39, 0.29) is 47.8 Å². The predicted molar refractivity (Wildman–Crippen MR) is 102 cm³/mol. The molecule has 0 aromatic rings. The summed E-state index contributed by atoms with van der Waals surface area (Å²) in [4.78, 5) is 48.8. The lowest BCUT2D eigenvalue weighted by Crippen LogP contribution is -2.32. The van der Waals surface area contributed by atoms with E-state index in [1.165, 1.54) is 4.90 Å². The van der Waals surface area contributed by atoms with Gasteiger partial charge in [-0.1, -0.05) is 13.8 Å². The van der Waals surface area contributed by atoms with Gasteiger partial charge in [-0.05, 0) is 32.6 Å². The molecule has 1 heterocycles. The fourth-order valence-electron chi connectivity index (χ4n) is 3.06. The van der Waals surface area contributed by atoms with E-state index in [1.807, 2.05) is 27.7 Å². The summed E-state index contributed by atoms with van der Waals surface area (Å²) >= 11 is 0. The Morgan fingerprint density at radius 2 is 1.74 bits per heavy atom. The highest BCUT2D eigenvalue weighted by atomic mass is 16.5. The summed E-state index contributed by atoms with van der Waals surface area (Å²) in [5.41, 5.74) is 0. The zero-order chi connectivity index (χ0) is 20.4. The molecule has 1 aliphatic heterocycles. The first-order valence-corrected chi connectivity index (χ1v) is 9.95. The van der Waals surface area contributed by atoms with Crippen LogP contribution in [0.1, 0.15) is 66.2 Å². The predicted octanol–water partition coefficient (Wildman–Crippen LogP) is 2.08. The molecule has 154 valence electrons. The van der Waals surface area contributed by atoms with Crippen molar-refractivity contribution in [3.63, 3.8) is 0 Å². The molecule has 0 aromatic heterocycles. The second-order valence-corrected chi connectivity index (χ2v) is 7.77. The molecule has 1 atom stereocenters. The molecule has 1 unspecified atom stereocenters. The lowest BCUT2D eigenvalue weighted by atomic mass is 9.94. The molecule has 0 bridgehead atoms. The molecule has 1 fully saturated rings. The number of hydrogen-bond donors (Lipinski definition) is 1. The summed E-state index contributed by atoms with van der Waals surface area (Å²) < 4.78 is 5.37. The third-order valence-electron chi connectivity index (χ3n) is 4.59. The molecule has 27 heavy (non-hydrogen) atoms. The first-order valence-electron chi connectivity index (χ1n) is 9.95. The van der Waals surface area contributed by atoms with E-state index in [4.69, 9.17) is 4.74 Å². The molecular weight excluding hydrogens is 348 g/mol. The van der Waals surface area contributed by atoms with E-state index in [2.05, 4.69) is 5.32 Å². The van der Waals surface area contributed by atoms with E-state index in [1.54, 1.807) is 0 Å². The monoisotopic (exact) mass is 382 g/mol. The normalized spacial score (nSPS) is 17.3. The average molecular weight is 383 g/mol. The zero-order valence-electron chi connectivity index (χ0n) is 17.1. The van der Waals surface area contributed by atoms with E-state index in [0.29, 0.717) is 51.9 Å². The third-order valence-corrected chi connectivity index (χ3v) is 4.59. The first kappa shape index (κ1) is 23.3. The van der Waals surface area contributed by atoms with Gasteiger partial charge in [0.25, 0.3) is 0 Å². The number of nitrogens with zero attached hydrogens (tertiary/aromatic N) is 1. The quantitative estimate of drug-likeness (QED) is 0.389. The molecule has 0 aromatic carbocycles. The number of imide groups is 1. The topological polar surface area (TPSA) is 92.8 Å².